The lowest BCUT2D eigenvalue weighted by Crippen LogP contribution is -2.43. The van der Waals surface area contributed by atoms with E-state index >= 15 is 0 Å². The second-order valence-electron chi connectivity index (χ2n) is 7.82. The van der Waals surface area contributed by atoms with Crippen LogP contribution in [-0.2, 0) is 12.0 Å². The molecule has 2 aromatic rings. The minimum atomic E-state index is -0.123. The van der Waals surface area contributed by atoms with Gasteiger partial charge in [-0.2, -0.15) is 0 Å². The van der Waals surface area contributed by atoms with Crippen LogP contribution in [0.1, 0.15) is 56.8 Å². The zero-order valence-corrected chi connectivity index (χ0v) is 19.4. The highest BCUT2D eigenvalue weighted by Gasteiger charge is 2.22. The van der Waals surface area contributed by atoms with E-state index in [2.05, 4.69) is 61.7 Å². The molecule has 0 aliphatic rings. The van der Waals surface area contributed by atoms with Crippen molar-refractivity contribution >= 4 is 17.3 Å². The minimum absolute atomic E-state index is 0.123. The van der Waals surface area contributed by atoms with E-state index in [1.165, 1.54) is 5.56 Å². The summed E-state index contributed by atoms with van der Waals surface area (Å²) in [6.07, 6.45) is 0. The monoisotopic (exact) mass is 418 g/mol. The minimum Gasteiger partial charge on any atom is -0.493 e. The number of guanidine groups is 1. The molecule has 2 N–H and O–H groups in total. The second kappa shape index (κ2) is 10.5. The van der Waals surface area contributed by atoms with Crippen LogP contribution in [0.15, 0.2) is 28.6 Å². The number of benzene rings is 1. The van der Waals surface area contributed by atoms with Crippen LogP contribution < -0.4 is 20.1 Å². The predicted molar refractivity (Wildman–Crippen MR) is 122 cm³/mol. The Labute approximate surface area is 178 Å². The van der Waals surface area contributed by atoms with Gasteiger partial charge in [0.05, 0.1) is 26.5 Å². The fourth-order valence-corrected chi connectivity index (χ4v) is 3.69. The number of methoxy groups -OCH3 is 2. The molecule has 1 aromatic carbocycles. The summed E-state index contributed by atoms with van der Waals surface area (Å²) >= 11 is 1.67. The van der Waals surface area contributed by atoms with Crippen LogP contribution in [0.3, 0.4) is 0 Å². The van der Waals surface area contributed by atoms with E-state index in [0.717, 1.165) is 41.2 Å². The third kappa shape index (κ3) is 6.35. The molecule has 0 spiro atoms. The fourth-order valence-electron chi connectivity index (χ4n) is 2.82. The van der Waals surface area contributed by atoms with E-state index in [0.29, 0.717) is 12.5 Å². The van der Waals surface area contributed by atoms with Crippen molar-refractivity contribution < 1.29 is 9.47 Å². The van der Waals surface area contributed by atoms with Crippen molar-refractivity contribution in [1.29, 1.82) is 0 Å². The number of nitrogens with zero attached hydrogens (tertiary/aromatic N) is 2. The molecule has 0 aliphatic carbocycles. The zero-order valence-electron chi connectivity index (χ0n) is 18.6. The highest BCUT2D eigenvalue weighted by Crippen LogP contribution is 2.32. The average Bonchev–Trinajstić information content (AvgIpc) is 3.19. The van der Waals surface area contributed by atoms with Gasteiger partial charge < -0.3 is 20.1 Å². The number of rotatable bonds is 9. The van der Waals surface area contributed by atoms with Gasteiger partial charge in [-0.1, -0.05) is 33.8 Å². The van der Waals surface area contributed by atoms with Gasteiger partial charge in [-0.3, -0.25) is 0 Å². The third-order valence-corrected chi connectivity index (χ3v) is 5.59. The summed E-state index contributed by atoms with van der Waals surface area (Å²) in [6, 6.07) is 6.06. The first-order valence-corrected chi connectivity index (χ1v) is 10.9. The van der Waals surface area contributed by atoms with Gasteiger partial charge in [-0.15, -0.1) is 11.3 Å². The maximum Gasteiger partial charge on any atom is 0.191 e. The first-order chi connectivity index (χ1) is 13.8. The van der Waals surface area contributed by atoms with E-state index < -0.39 is 0 Å². The third-order valence-electron chi connectivity index (χ3n) is 4.74. The van der Waals surface area contributed by atoms with E-state index in [9.17, 15) is 0 Å². The lowest BCUT2D eigenvalue weighted by molar-refractivity contribution is 0.353. The molecule has 0 saturated carbocycles. The largest absolute Gasteiger partial charge is 0.493 e. The smallest absolute Gasteiger partial charge is 0.191 e. The highest BCUT2D eigenvalue weighted by molar-refractivity contribution is 7.09. The van der Waals surface area contributed by atoms with Gasteiger partial charge in [0.1, 0.15) is 5.01 Å². The molecule has 0 saturated heterocycles. The SMILES string of the molecule is CCNC(=NCc1nc(C(C)C)cs1)NCC(C)(C)c1ccc(OC)c(OC)c1. The molecule has 0 amide bonds. The number of thiazole rings is 1. The van der Waals surface area contributed by atoms with Gasteiger partial charge in [0.2, 0.25) is 0 Å². The Balaban J connectivity index is 2.07. The van der Waals surface area contributed by atoms with Crippen LogP contribution in [0.4, 0.5) is 0 Å². The summed E-state index contributed by atoms with van der Waals surface area (Å²) < 4.78 is 10.8. The van der Waals surface area contributed by atoms with Crippen LogP contribution >= 0.6 is 11.3 Å². The van der Waals surface area contributed by atoms with Crippen molar-refractivity contribution in [2.24, 2.45) is 4.99 Å². The predicted octanol–water partition coefficient (Wildman–Crippen LogP) is 4.32. The molecule has 29 heavy (non-hydrogen) atoms. The lowest BCUT2D eigenvalue weighted by atomic mass is 9.84. The number of ether oxygens (including phenoxy) is 2. The van der Waals surface area contributed by atoms with Crippen LogP contribution in [0.5, 0.6) is 11.5 Å². The molecule has 1 aromatic heterocycles. The van der Waals surface area contributed by atoms with Crippen LogP contribution in [-0.4, -0.2) is 38.3 Å². The number of hydrogen-bond acceptors (Lipinski definition) is 5. The summed E-state index contributed by atoms with van der Waals surface area (Å²) in [5, 5.41) is 9.94. The number of aliphatic imine (C=N–C) groups is 1. The normalized spacial score (nSPS) is 12.2. The van der Waals surface area contributed by atoms with Gasteiger partial charge in [-0.05, 0) is 30.5 Å². The van der Waals surface area contributed by atoms with Crippen LogP contribution in [0, 0.1) is 0 Å². The van der Waals surface area contributed by atoms with Gasteiger partial charge >= 0.3 is 0 Å². The maximum atomic E-state index is 5.46. The van der Waals surface area contributed by atoms with Crippen LogP contribution in [0.2, 0.25) is 0 Å². The quantitative estimate of drug-likeness (QED) is 0.469. The highest BCUT2D eigenvalue weighted by atomic mass is 32.1. The first kappa shape index (κ1) is 23.0. The Morgan fingerprint density at radius 3 is 2.48 bits per heavy atom. The summed E-state index contributed by atoms with van der Waals surface area (Å²) in [5.74, 6) is 2.71. The number of nitrogens with one attached hydrogen (secondary N) is 2. The molecule has 0 radical (unpaired) electrons. The molecule has 160 valence electrons. The summed E-state index contributed by atoms with van der Waals surface area (Å²) in [5.41, 5.74) is 2.18. The maximum absolute atomic E-state index is 5.46. The second-order valence-corrected chi connectivity index (χ2v) is 8.77. The molecule has 2 rings (SSSR count). The van der Waals surface area contributed by atoms with Crippen molar-refractivity contribution in [3.05, 3.63) is 39.8 Å². The molecule has 0 atom stereocenters. The Morgan fingerprint density at radius 1 is 1.17 bits per heavy atom. The van der Waals surface area contributed by atoms with E-state index in [-0.39, 0.29) is 5.41 Å². The van der Waals surface area contributed by atoms with Gasteiger partial charge in [0.15, 0.2) is 17.5 Å². The fraction of sp³-hybridized carbons (Fsp3) is 0.545. The van der Waals surface area contributed by atoms with Gasteiger partial charge in [0.25, 0.3) is 0 Å². The first-order valence-electron chi connectivity index (χ1n) is 9.99. The van der Waals surface area contributed by atoms with E-state index in [1.807, 2.05) is 12.1 Å². The van der Waals surface area contributed by atoms with Crippen molar-refractivity contribution in [2.45, 2.75) is 52.5 Å². The van der Waals surface area contributed by atoms with E-state index in [1.54, 1.807) is 25.6 Å². The summed E-state index contributed by atoms with van der Waals surface area (Å²) in [6.45, 7) is 12.9. The molecule has 0 bridgehead atoms. The molecule has 0 aliphatic heterocycles. The molecule has 0 unspecified atom stereocenters. The number of aromatic nitrogens is 1. The Morgan fingerprint density at radius 2 is 1.90 bits per heavy atom. The van der Waals surface area contributed by atoms with Crippen molar-refractivity contribution in [2.75, 3.05) is 27.3 Å². The van der Waals surface area contributed by atoms with Crippen molar-refractivity contribution in [3.63, 3.8) is 0 Å². The van der Waals surface area contributed by atoms with Gasteiger partial charge in [-0.25, -0.2) is 9.98 Å². The van der Waals surface area contributed by atoms with Crippen molar-refractivity contribution in [3.8, 4) is 11.5 Å². The Kier molecular flexibility index (Phi) is 8.32. The lowest BCUT2D eigenvalue weighted by Gasteiger charge is -2.27. The van der Waals surface area contributed by atoms with Crippen LogP contribution in [0.25, 0.3) is 0 Å². The Hall–Kier alpha value is -2.28. The summed E-state index contributed by atoms with van der Waals surface area (Å²) in [4.78, 5) is 9.38. The van der Waals surface area contributed by atoms with Crippen molar-refractivity contribution in [1.82, 2.24) is 15.6 Å². The molecular formula is C22H34N4O2S. The molecule has 0 fully saturated rings. The zero-order chi connectivity index (χ0) is 21.4. The number of hydrogen-bond donors (Lipinski definition) is 2. The molecular weight excluding hydrogens is 384 g/mol. The molecule has 7 heteroatoms. The van der Waals surface area contributed by atoms with Gasteiger partial charge in [0, 0.05) is 23.9 Å². The topological polar surface area (TPSA) is 67.8 Å². The molecule has 6 nitrogen and oxygen atoms in total. The molecule has 1 heterocycles. The summed E-state index contributed by atoms with van der Waals surface area (Å²) in [7, 11) is 3.31. The Bertz CT molecular complexity index is 815. The van der Waals surface area contributed by atoms with E-state index in [4.69, 9.17) is 14.5 Å². The standard InChI is InChI=1S/C22H34N4O2S/c1-8-23-21(24-12-20-26-17(13-29-20)15(2)3)25-14-22(4,5)16-9-10-18(27-6)19(11-16)28-7/h9-11,13,15H,8,12,14H2,1-7H3,(H2,23,24,25). The average molecular weight is 419 g/mol.